The second-order valence-corrected chi connectivity index (χ2v) is 8.51. The van der Waals surface area contributed by atoms with Crippen molar-refractivity contribution in [2.24, 2.45) is 0 Å². The van der Waals surface area contributed by atoms with Gasteiger partial charge < -0.3 is 4.74 Å². The van der Waals surface area contributed by atoms with Crippen molar-refractivity contribution < 1.29 is 18.3 Å². The molecule has 3 heterocycles. The molecule has 1 amide bonds. The topological polar surface area (TPSA) is 45.7 Å². The van der Waals surface area contributed by atoms with Crippen LogP contribution in [0.25, 0.3) is 16.3 Å². The smallest absolute Gasteiger partial charge is 0.252 e. The minimum atomic E-state index is -0.725. The van der Waals surface area contributed by atoms with Crippen molar-refractivity contribution in [2.75, 3.05) is 44.3 Å². The lowest BCUT2D eigenvalue weighted by atomic mass is 10.3. The zero-order valence-electron chi connectivity index (χ0n) is 15.5. The molecule has 0 atom stereocenters. The summed E-state index contributed by atoms with van der Waals surface area (Å²) in [6.45, 7) is 3.97. The Morgan fingerprint density at radius 3 is 2.90 bits per heavy atom. The van der Waals surface area contributed by atoms with Gasteiger partial charge in [-0.05, 0) is 23.6 Å². The van der Waals surface area contributed by atoms with E-state index >= 15 is 0 Å². The molecule has 152 valence electrons. The number of carbonyl (C=O) groups is 1. The van der Waals surface area contributed by atoms with Crippen LogP contribution in [0.3, 0.4) is 0 Å². The lowest BCUT2D eigenvalue weighted by molar-refractivity contribution is -0.114. The summed E-state index contributed by atoms with van der Waals surface area (Å²) in [4.78, 5) is 21.9. The molecule has 0 radical (unpaired) electrons. The van der Waals surface area contributed by atoms with Crippen LogP contribution >= 0.6 is 22.7 Å². The van der Waals surface area contributed by atoms with Gasteiger partial charge >= 0.3 is 0 Å². The number of hydrogen-bond acceptors (Lipinski definition) is 6. The van der Waals surface area contributed by atoms with Crippen LogP contribution in [0.5, 0.6) is 0 Å². The summed E-state index contributed by atoms with van der Waals surface area (Å²) in [5, 5.41) is 2.30. The summed E-state index contributed by atoms with van der Waals surface area (Å²) in [6, 6.07) is 5.88. The van der Waals surface area contributed by atoms with Crippen LogP contribution in [0.2, 0.25) is 0 Å². The largest absolute Gasteiger partial charge is 0.379 e. The molecule has 0 bridgehead atoms. The van der Waals surface area contributed by atoms with E-state index in [1.807, 2.05) is 17.5 Å². The standard InChI is InChI=1S/C20H19F2N3O2S2/c21-14-12-16(22)19-17(13-14)29-20(23-19)25(6-5-24-7-9-27-10-8-24)18(26)4-3-15-2-1-11-28-15/h1-4,11-13H,5-10H2/b4-3+. The second kappa shape index (κ2) is 9.08. The third-order valence-corrected chi connectivity index (χ3v) is 6.44. The third kappa shape index (κ3) is 4.87. The molecule has 29 heavy (non-hydrogen) atoms. The highest BCUT2D eigenvalue weighted by atomic mass is 32.1. The number of benzene rings is 1. The van der Waals surface area contributed by atoms with Gasteiger partial charge in [0.1, 0.15) is 11.3 Å². The number of hydrogen-bond donors (Lipinski definition) is 0. The molecule has 0 saturated carbocycles. The lowest BCUT2D eigenvalue weighted by Gasteiger charge is -2.28. The summed E-state index contributed by atoms with van der Waals surface area (Å²) in [6.07, 6.45) is 3.25. The number of rotatable bonds is 6. The van der Waals surface area contributed by atoms with Crippen LogP contribution in [-0.2, 0) is 9.53 Å². The molecule has 4 rings (SSSR count). The highest BCUT2D eigenvalue weighted by Gasteiger charge is 2.21. The van der Waals surface area contributed by atoms with Gasteiger partial charge in [0, 0.05) is 43.2 Å². The number of ether oxygens (including phenoxy) is 1. The van der Waals surface area contributed by atoms with Crippen LogP contribution < -0.4 is 4.90 Å². The maximum atomic E-state index is 14.1. The molecule has 0 unspecified atom stereocenters. The molecule has 0 aliphatic carbocycles. The van der Waals surface area contributed by atoms with E-state index in [1.54, 1.807) is 6.08 Å². The lowest BCUT2D eigenvalue weighted by Crippen LogP contribution is -2.42. The Balaban J connectivity index is 1.59. The second-order valence-electron chi connectivity index (χ2n) is 6.52. The molecule has 0 N–H and O–H groups in total. The highest BCUT2D eigenvalue weighted by molar-refractivity contribution is 7.22. The van der Waals surface area contributed by atoms with Crippen LogP contribution in [0.1, 0.15) is 4.88 Å². The van der Waals surface area contributed by atoms with Gasteiger partial charge in [-0.15, -0.1) is 11.3 Å². The number of thiophene rings is 1. The maximum absolute atomic E-state index is 14.1. The normalized spacial score (nSPS) is 15.4. The van der Waals surface area contributed by atoms with Gasteiger partial charge in [-0.1, -0.05) is 17.4 Å². The molecule has 1 fully saturated rings. The molecule has 0 spiro atoms. The maximum Gasteiger partial charge on any atom is 0.252 e. The minimum absolute atomic E-state index is 0.0813. The van der Waals surface area contributed by atoms with Crippen molar-refractivity contribution in [2.45, 2.75) is 0 Å². The molecule has 1 saturated heterocycles. The van der Waals surface area contributed by atoms with E-state index in [9.17, 15) is 13.6 Å². The van der Waals surface area contributed by atoms with E-state index in [2.05, 4.69) is 9.88 Å². The molecule has 1 aliphatic rings. The number of halogens is 2. The van der Waals surface area contributed by atoms with Crippen molar-refractivity contribution >= 4 is 50.0 Å². The van der Waals surface area contributed by atoms with Crippen molar-refractivity contribution in [1.29, 1.82) is 0 Å². The van der Waals surface area contributed by atoms with Crippen molar-refractivity contribution in [3.63, 3.8) is 0 Å². The fraction of sp³-hybridized carbons (Fsp3) is 0.300. The number of fused-ring (bicyclic) bond motifs is 1. The average molecular weight is 436 g/mol. The van der Waals surface area contributed by atoms with Crippen molar-refractivity contribution in [1.82, 2.24) is 9.88 Å². The zero-order chi connectivity index (χ0) is 20.2. The quantitative estimate of drug-likeness (QED) is 0.549. The molecular formula is C20H19F2N3O2S2. The first-order valence-electron chi connectivity index (χ1n) is 9.19. The first kappa shape index (κ1) is 20.1. The summed E-state index contributed by atoms with van der Waals surface area (Å²) in [5.41, 5.74) is 0.0813. The monoisotopic (exact) mass is 435 g/mol. The number of thiazole rings is 1. The number of amides is 1. The van der Waals surface area contributed by atoms with Crippen molar-refractivity contribution in [3.05, 3.63) is 52.2 Å². The van der Waals surface area contributed by atoms with E-state index in [-0.39, 0.29) is 11.4 Å². The molecule has 1 aliphatic heterocycles. The van der Waals surface area contributed by atoms with E-state index in [0.29, 0.717) is 36.1 Å². The predicted molar refractivity (Wildman–Crippen MR) is 113 cm³/mol. The van der Waals surface area contributed by atoms with Crippen molar-refractivity contribution in [3.8, 4) is 0 Å². The van der Waals surface area contributed by atoms with Gasteiger partial charge in [-0.2, -0.15) is 0 Å². The van der Waals surface area contributed by atoms with Gasteiger partial charge in [0.2, 0.25) is 0 Å². The summed E-state index contributed by atoms with van der Waals surface area (Å²) >= 11 is 2.64. The number of nitrogens with zero attached hydrogens (tertiary/aromatic N) is 3. The number of aromatic nitrogens is 1. The average Bonchev–Trinajstić information content (AvgIpc) is 3.37. The van der Waals surface area contributed by atoms with Gasteiger partial charge in [0.05, 0.1) is 17.9 Å². The number of morpholine rings is 1. The molecule has 5 nitrogen and oxygen atoms in total. The molecular weight excluding hydrogens is 416 g/mol. The van der Waals surface area contributed by atoms with Gasteiger partial charge in [0.25, 0.3) is 5.91 Å². The highest BCUT2D eigenvalue weighted by Crippen LogP contribution is 2.31. The molecule has 9 heteroatoms. The zero-order valence-corrected chi connectivity index (χ0v) is 17.1. The number of carbonyl (C=O) groups excluding carboxylic acids is 1. The summed E-state index contributed by atoms with van der Waals surface area (Å²) in [5.74, 6) is -1.63. The Morgan fingerprint density at radius 2 is 2.14 bits per heavy atom. The predicted octanol–water partition coefficient (Wildman–Crippen LogP) is 4.01. The van der Waals surface area contributed by atoms with Crippen LogP contribution in [0.15, 0.2) is 35.7 Å². The summed E-state index contributed by atoms with van der Waals surface area (Å²) < 4.78 is 33.4. The molecule has 2 aromatic heterocycles. The van der Waals surface area contributed by atoms with E-state index < -0.39 is 11.6 Å². The number of anilines is 1. The van der Waals surface area contributed by atoms with E-state index in [0.717, 1.165) is 35.4 Å². The first-order chi connectivity index (χ1) is 14.1. The Hall–Kier alpha value is -2.20. The van der Waals surface area contributed by atoms with Gasteiger partial charge in [-0.3, -0.25) is 14.6 Å². The molecule has 1 aromatic carbocycles. The minimum Gasteiger partial charge on any atom is -0.379 e. The Kier molecular flexibility index (Phi) is 6.29. The third-order valence-electron chi connectivity index (χ3n) is 4.58. The van der Waals surface area contributed by atoms with Crippen LogP contribution in [0, 0.1) is 11.6 Å². The fourth-order valence-corrected chi connectivity index (χ4v) is 4.71. The van der Waals surface area contributed by atoms with Crippen LogP contribution in [-0.4, -0.2) is 55.2 Å². The van der Waals surface area contributed by atoms with Gasteiger partial charge in [0.15, 0.2) is 10.9 Å². The fourth-order valence-electron chi connectivity index (χ4n) is 3.06. The summed E-state index contributed by atoms with van der Waals surface area (Å²) in [7, 11) is 0. The van der Waals surface area contributed by atoms with Gasteiger partial charge in [-0.25, -0.2) is 13.8 Å². The Morgan fingerprint density at radius 1 is 1.31 bits per heavy atom. The Bertz CT molecular complexity index is 1010. The SMILES string of the molecule is O=C(/C=C/c1cccs1)N(CCN1CCOCC1)c1nc2c(F)cc(F)cc2s1. The Labute approximate surface area is 174 Å². The molecule has 3 aromatic rings. The first-order valence-corrected chi connectivity index (χ1v) is 10.9. The van der Waals surface area contributed by atoms with Crippen LogP contribution in [0.4, 0.5) is 13.9 Å². The van der Waals surface area contributed by atoms with E-state index in [1.165, 1.54) is 28.4 Å². The van der Waals surface area contributed by atoms with E-state index in [4.69, 9.17) is 4.74 Å².